The van der Waals surface area contributed by atoms with Crippen molar-refractivity contribution in [2.45, 2.75) is 25.8 Å². The van der Waals surface area contributed by atoms with E-state index in [0.29, 0.717) is 6.54 Å². The smallest absolute Gasteiger partial charge is 0.309 e. The van der Waals surface area contributed by atoms with Crippen molar-refractivity contribution in [2.75, 3.05) is 44.2 Å². The van der Waals surface area contributed by atoms with Crippen molar-refractivity contribution in [1.29, 1.82) is 0 Å². The molecule has 0 unspecified atom stereocenters. The second kappa shape index (κ2) is 10.8. The number of piperazine rings is 1. The molecule has 0 radical (unpaired) electrons. The van der Waals surface area contributed by atoms with Gasteiger partial charge in [0.2, 0.25) is 0 Å². The number of amides is 2. The molecule has 162 valence electrons. The van der Waals surface area contributed by atoms with E-state index < -0.39 is 11.8 Å². The molecule has 2 heterocycles. The van der Waals surface area contributed by atoms with E-state index in [0.717, 1.165) is 50.5 Å². The first kappa shape index (κ1) is 21.8. The SMILES string of the molecule is CCCCNC(=O)C(=O)NC[C@@H](c1ccco1)N1CCN(c2ccc(F)cc2)CC1. The van der Waals surface area contributed by atoms with Gasteiger partial charge in [0.15, 0.2) is 0 Å². The van der Waals surface area contributed by atoms with Gasteiger partial charge in [-0.1, -0.05) is 13.3 Å². The lowest BCUT2D eigenvalue weighted by molar-refractivity contribution is -0.139. The van der Waals surface area contributed by atoms with E-state index in [9.17, 15) is 14.0 Å². The summed E-state index contributed by atoms with van der Waals surface area (Å²) < 4.78 is 18.8. The van der Waals surface area contributed by atoms with Gasteiger partial charge in [-0.25, -0.2) is 4.39 Å². The summed E-state index contributed by atoms with van der Waals surface area (Å²) >= 11 is 0. The summed E-state index contributed by atoms with van der Waals surface area (Å²) in [4.78, 5) is 28.5. The molecule has 1 saturated heterocycles. The highest BCUT2D eigenvalue weighted by Gasteiger charge is 2.28. The third-order valence-corrected chi connectivity index (χ3v) is 5.30. The van der Waals surface area contributed by atoms with Crippen molar-refractivity contribution < 1.29 is 18.4 Å². The summed E-state index contributed by atoms with van der Waals surface area (Å²) in [6, 6.07) is 10.0. The highest BCUT2D eigenvalue weighted by Crippen LogP contribution is 2.24. The van der Waals surface area contributed by atoms with Crippen LogP contribution in [0.25, 0.3) is 0 Å². The van der Waals surface area contributed by atoms with Crippen LogP contribution in [0.4, 0.5) is 10.1 Å². The Morgan fingerprint density at radius 3 is 2.40 bits per heavy atom. The van der Waals surface area contributed by atoms with Crippen LogP contribution in [0.5, 0.6) is 0 Å². The molecule has 8 heteroatoms. The van der Waals surface area contributed by atoms with Crippen LogP contribution < -0.4 is 15.5 Å². The number of rotatable bonds is 8. The maximum absolute atomic E-state index is 13.2. The monoisotopic (exact) mass is 416 g/mol. The number of carbonyl (C=O) groups is 2. The molecule has 1 aromatic heterocycles. The zero-order chi connectivity index (χ0) is 21.3. The minimum Gasteiger partial charge on any atom is -0.468 e. The van der Waals surface area contributed by atoms with Crippen LogP contribution in [0.2, 0.25) is 0 Å². The van der Waals surface area contributed by atoms with Gasteiger partial charge < -0.3 is 20.0 Å². The summed E-state index contributed by atoms with van der Waals surface area (Å²) in [5.41, 5.74) is 0.989. The van der Waals surface area contributed by atoms with Gasteiger partial charge in [-0.2, -0.15) is 0 Å². The third kappa shape index (κ3) is 5.82. The largest absolute Gasteiger partial charge is 0.468 e. The number of hydrogen-bond acceptors (Lipinski definition) is 5. The highest BCUT2D eigenvalue weighted by atomic mass is 19.1. The second-order valence-corrected chi connectivity index (χ2v) is 7.35. The first-order chi connectivity index (χ1) is 14.6. The van der Waals surface area contributed by atoms with Crippen molar-refractivity contribution in [3.63, 3.8) is 0 Å². The molecule has 0 aliphatic carbocycles. The fourth-order valence-electron chi connectivity index (χ4n) is 3.56. The number of halogens is 1. The number of carbonyl (C=O) groups excluding carboxylic acids is 2. The fourth-order valence-corrected chi connectivity index (χ4v) is 3.56. The van der Waals surface area contributed by atoms with E-state index in [4.69, 9.17) is 4.42 Å². The molecule has 1 aromatic carbocycles. The summed E-state index contributed by atoms with van der Waals surface area (Å²) in [6.45, 7) is 5.85. The Kier molecular flexibility index (Phi) is 7.84. The molecule has 2 N–H and O–H groups in total. The van der Waals surface area contributed by atoms with Crippen molar-refractivity contribution in [3.8, 4) is 0 Å². The molecule has 30 heavy (non-hydrogen) atoms. The maximum atomic E-state index is 13.2. The van der Waals surface area contributed by atoms with Gasteiger partial charge in [0.25, 0.3) is 0 Å². The molecule has 1 atom stereocenters. The van der Waals surface area contributed by atoms with E-state index in [2.05, 4.69) is 20.4 Å². The summed E-state index contributed by atoms with van der Waals surface area (Å²) in [5, 5.41) is 5.36. The predicted molar refractivity (Wildman–Crippen MR) is 113 cm³/mol. The topological polar surface area (TPSA) is 77.8 Å². The summed E-state index contributed by atoms with van der Waals surface area (Å²) in [6.07, 6.45) is 3.40. The van der Waals surface area contributed by atoms with Gasteiger partial charge in [-0.15, -0.1) is 0 Å². The first-order valence-corrected chi connectivity index (χ1v) is 10.4. The van der Waals surface area contributed by atoms with Crippen molar-refractivity contribution >= 4 is 17.5 Å². The van der Waals surface area contributed by atoms with E-state index >= 15 is 0 Å². The van der Waals surface area contributed by atoms with Gasteiger partial charge >= 0.3 is 11.8 Å². The molecule has 0 spiro atoms. The molecule has 7 nitrogen and oxygen atoms in total. The zero-order valence-electron chi connectivity index (χ0n) is 17.3. The molecule has 0 bridgehead atoms. The lowest BCUT2D eigenvalue weighted by Crippen LogP contribution is -2.50. The average molecular weight is 416 g/mol. The quantitative estimate of drug-likeness (QED) is 0.510. The van der Waals surface area contributed by atoms with Gasteiger partial charge in [-0.3, -0.25) is 14.5 Å². The fraction of sp³-hybridized carbons (Fsp3) is 0.455. The summed E-state index contributed by atoms with van der Waals surface area (Å²) in [7, 11) is 0. The van der Waals surface area contributed by atoms with Gasteiger partial charge in [0.05, 0.1) is 12.3 Å². The van der Waals surface area contributed by atoms with Gasteiger partial charge in [0.1, 0.15) is 11.6 Å². The molecule has 1 aliphatic rings. The van der Waals surface area contributed by atoms with Crippen LogP contribution in [-0.2, 0) is 9.59 Å². The van der Waals surface area contributed by atoms with E-state index in [1.54, 1.807) is 18.4 Å². The maximum Gasteiger partial charge on any atom is 0.309 e. The number of nitrogens with zero attached hydrogens (tertiary/aromatic N) is 2. The number of anilines is 1. The van der Waals surface area contributed by atoms with E-state index in [1.165, 1.54) is 12.1 Å². The van der Waals surface area contributed by atoms with Crippen LogP contribution in [0.15, 0.2) is 47.1 Å². The molecule has 2 amide bonds. The van der Waals surface area contributed by atoms with Crippen LogP contribution in [0.3, 0.4) is 0 Å². The first-order valence-electron chi connectivity index (χ1n) is 10.4. The molecule has 0 saturated carbocycles. The van der Waals surface area contributed by atoms with Crippen LogP contribution >= 0.6 is 0 Å². The number of nitrogens with one attached hydrogen (secondary N) is 2. The Labute approximate surface area is 176 Å². The minimum absolute atomic E-state index is 0.164. The van der Waals surface area contributed by atoms with Gasteiger partial charge in [0, 0.05) is 45.0 Å². The van der Waals surface area contributed by atoms with Crippen LogP contribution in [0, 0.1) is 5.82 Å². The minimum atomic E-state index is -0.632. The zero-order valence-corrected chi connectivity index (χ0v) is 17.3. The third-order valence-electron chi connectivity index (χ3n) is 5.30. The molecule has 1 aliphatic heterocycles. The Hall–Kier alpha value is -2.87. The lowest BCUT2D eigenvalue weighted by Gasteiger charge is -2.39. The van der Waals surface area contributed by atoms with Crippen molar-refractivity contribution in [1.82, 2.24) is 15.5 Å². The number of benzene rings is 1. The molecular formula is C22H29FN4O3. The number of hydrogen-bond donors (Lipinski definition) is 2. The Morgan fingerprint density at radius 1 is 1.07 bits per heavy atom. The van der Waals surface area contributed by atoms with Crippen molar-refractivity contribution in [2.24, 2.45) is 0 Å². The van der Waals surface area contributed by atoms with Gasteiger partial charge in [-0.05, 0) is 42.8 Å². The summed E-state index contributed by atoms with van der Waals surface area (Å²) in [5.74, 6) is -0.739. The molecule has 3 rings (SSSR count). The predicted octanol–water partition coefficient (Wildman–Crippen LogP) is 2.31. The Balaban J connectivity index is 1.56. The normalized spacial score (nSPS) is 15.6. The number of furan rings is 1. The van der Waals surface area contributed by atoms with Crippen molar-refractivity contribution in [3.05, 3.63) is 54.2 Å². The highest BCUT2D eigenvalue weighted by molar-refractivity contribution is 6.35. The Bertz CT molecular complexity index is 802. The Morgan fingerprint density at radius 2 is 1.77 bits per heavy atom. The molecular weight excluding hydrogens is 387 g/mol. The lowest BCUT2D eigenvalue weighted by atomic mass is 10.1. The number of unbranched alkanes of at least 4 members (excludes halogenated alkanes) is 1. The average Bonchev–Trinajstić information content (AvgIpc) is 3.29. The second-order valence-electron chi connectivity index (χ2n) is 7.35. The van der Waals surface area contributed by atoms with E-state index in [1.807, 2.05) is 19.1 Å². The van der Waals surface area contributed by atoms with E-state index in [-0.39, 0.29) is 18.4 Å². The standard InChI is InChI=1S/C22H29FN4O3/c1-2-3-10-24-21(28)22(29)25-16-19(20-5-4-15-30-20)27-13-11-26(12-14-27)18-8-6-17(23)7-9-18/h4-9,15,19H,2-3,10-14,16H2,1H3,(H,24,28)(H,25,29)/t19-/m0/s1. The van der Waals surface area contributed by atoms with Crippen LogP contribution in [0.1, 0.15) is 31.6 Å². The molecule has 1 fully saturated rings. The molecule has 2 aromatic rings. The van der Waals surface area contributed by atoms with Crippen LogP contribution in [-0.4, -0.2) is 56.0 Å².